The maximum Gasteiger partial charge on any atom is 0.322 e. The number of nitrogens with one attached hydrogen (secondary N) is 6. The number of para-hydroxylation sites is 1. The number of aromatic nitrogens is 1. The van der Waals surface area contributed by atoms with Crippen LogP contribution >= 0.6 is 0 Å². The predicted molar refractivity (Wildman–Crippen MR) is 183 cm³/mol. The summed E-state index contributed by atoms with van der Waals surface area (Å²) in [6.45, 7) is 7.55. The van der Waals surface area contributed by atoms with Crippen LogP contribution in [0.5, 0.6) is 0 Å². The average Bonchev–Trinajstić information content (AvgIpc) is 3.44. The molecule has 12 N–H and O–H groups in total. The third-order valence-corrected chi connectivity index (χ3v) is 7.88. The van der Waals surface area contributed by atoms with E-state index in [2.05, 4.69) is 31.6 Å². The number of carbonyl (C=O) groups excluding carboxylic acids is 6. The Hall–Kier alpha value is -5.03. The van der Waals surface area contributed by atoms with Crippen molar-refractivity contribution in [1.29, 1.82) is 0 Å². The topological polar surface area (TPSA) is 288 Å². The molecular formula is C33H50N8O9. The minimum atomic E-state index is -1.59. The Kier molecular flexibility index (Phi) is 15.8. The fourth-order valence-electron chi connectivity index (χ4n) is 5.04. The van der Waals surface area contributed by atoms with E-state index in [1.165, 1.54) is 6.92 Å². The van der Waals surface area contributed by atoms with Gasteiger partial charge in [0.15, 0.2) is 0 Å². The van der Waals surface area contributed by atoms with Gasteiger partial charge in [-0.3, -0.25) is 33.6 Å². The van der Waals surface area contributed by atoms with Gasteiger partial charge in [0.25, 0.3) is 0 Å². The van der Waals surface area contributed by atoms with Crippen LogP contribution in [0.4, 0.5) is 0 Å². The predicted octanol–water partition coefficient (Wildman–Crippen LogP) is -1.47. The molecule has 0 aliphatic rings. The summed E-state index contributed by atoms with van der Waals surface area (Å²) in [5.74, 6) is -6.56. The molecule has 0 saturated carbocycles. The number of H-pyrrole nitrogens is 1. The van der Waals surface area contributed by atoms with Gasteiger partial charge in [-0.05, 0) is 43.2 Å². The number of nitrogens with two attached hydrogens (primary N) is 2. The van der Waals surface area contributed by atoms with E-state index in [9.17, 15) is 38.7 Å². The Morgan fingerprint density at radius 3 is 1.98 bits per heavy atom. The first kappa shape index (κ1) is 41.1. The minimum absolute atomic E-state index is 0.00949. The number of hydrogen-bond donors (Lipinski definition) is 10. The molecule has 17 nitrogen and oxygen atoms in total. The smallest absolute Gasteiger partial charge is 0.322 e. The third-order valence-electron chi connectivity index (χ3n) is 7.88. The van der Waals surface area contributed by atoms with E-state index in [1.807, 2.05) is 24.3 Å². The highest BCUT2D eigenvalue weighted by Crippen LogP contribution is 2.19. The molecule has 6 atom stereocenters. The number of benzene rings is 1. The lowest BCUT2D eigenvalue weighted by atomic mass is 10.00. The molecular weight excluding hydrogens is 652 g/mol. The lowest BCUT2D eigenvalue weighted by molar-refractivity contribution is -0.139. The van der Waals surface area contributed by atoms with Gasteiger partial charge in [-0.25, -0.2) is 0 Å². The summed E-state index contributed by atoms with van der Waals surface area (Å²) < 4.78 is 0. The second kappa shape index (κ2) is 19.2. The molecule has 276 valence electrons. The van der Waals surface area contributed by atoms with Gasteiger partial charge in [-0.15, -0.1) is 0 Å². The van der Waals surface area contributed by atoms with Crippen molar-refractivity contribution >= 4 is 52.3 Å². The van der Waals surface area contributed by atoms with Gasteiger partial charge in [0.05, 0.1) is 12.1 Å². The van der Waals surface area contributed by atoms with E-state index in [4.69, 9.17) is 16.6 Å². The SMILES string of the molecule is CC(C)C[C@H](NC(=O)[C@@H](NC(=O)[C@H](Cc1c[nH]c2ccccc12)NC(=O)[C@@H](N)C(C)C)[C@@H](C)O)C(=O)N[C@@H](CCC(N)=O)C(=O)NCC(=O)O. The molecule has 17 heteroatoms. The van der Waals surface area contributed by atoms with E-state index in [0.717, 1.165) is 10.9 Å². The zero-order valence-corrected chi connectivity index (χ0v) is 28.9. The number of primary amides is 1. The largest absolute Gasteiger partial charge is 0.480 e. The molecule has 0 unspecified atom stereocenters. The van der Waals surface area contributed by atoms with Crippen LogP contribution in [0.25, 0.3) is 10.9 Å². The molecule has 0 saturated heterocycles. The zero-order chi connectivity index (χ0) is 37.7. The fourth-order valence-corrected chi connectivity index (χ4v) is 5.04. The molecule has 0 fully saturated rings. The van der Waals surface area contributed by atoms with E-state index in [0.29, 0.717) is 5.56 Å². The van der Waals surface area contributed by atoms with Crippen molar-refractivity contribution in [3.63, 3.8) is 0 Å². The quantitative estimate of drug-likeness (QED) is 0.0764. The number of fused-ring (bicyclic) bond motifs is 1. The fraction of sp³-hybridized carbons (Fsp3) is 0.545. The minimum Gasteiger partial charge on any atom is -0.480 e. The van der Waals surface area contributed by atoms with E-state index >= 15 is 0 Å². The summed E-state index contributed by atoms with van der Waals surface area (Å²) in [5, 5.41) is 32.6. The van der Waals surface area contributed by atoms with Crippen molar-refractivity contribution < 1.29 is 43.8 Å². The van der Waals surface area contributed by atoms with Crippen LogP contribution in [0.2, 0.25) is 0 Å². The summed E-state index contributed by atoms with van der Waals surface area (Å²) in [6.07, 6.45) is -0.244. The first-order chi connectivity index (χ1) is 23.4. The van der Waals surface area contributed by atoms with Gasteiger partial charge >= 0.3 is 5.97 Å². The Balaban J connectivity index is 2.31. The molecule has 6 amide bonds. The number of carbonyl (C=O) groups is 7. The number of amides is 6. The zero-order valence-electron chi connectivity index (χ0n) is 28.9. The van der Waals surface area contributed by atoms with Crippen molar-refractivity contribution in [3.8, 4) is 0 Å². The van der Waals surface area contributed by atoms with E-state index in [-0.39, 0.29) is 37.5 Å². The summed E-state index contributed by atoms with van der Waals surface area (Å²) in [7, 11) is 0. The maximum absolute atomic E-state index is 13.7. The van der Waals surface area contributed by atoms with Crippen molar-refractivity contribution in [2.45, 2.75) is 96.6 Å². The third kappa shape index (κ3) is 12.8. The summed E-state index contributed by atoms with van der Waals surface area (Å²) in [4.78, 5) is 91.8. The van der Waals surface area contributed by atoms with Crippen molar-refractivity contribution in [3.05, 3.63) is 36.0 Å². The number of aliphatic hydroxyl groups is 1. The monoisotopic (exact) mass is 702 g/mol. The second-order valence-electron chi connectivity index (χ2n) is 13.0. The highest BCUT2D eigenvalue weighted by Gasteiger charge is 2.34. The lowest BCUT2D eigenvalue weighted by Crippen LogP contribution is -2.61. The van der Waals surface area contributed by atoms with E-state index in [1.54, 1.807) is 33.9 Å². The standard InChI is InChI=1S/C33H50N8O9/c1-16(2)12-23(30(47)38-22(10-11-25(34)43)29(46)37-15-26(44)45)40-33(50)28(18(5)42)41-31(48)24(39-32(49)27(35)17(3)4)13-19-14-36-21-9-7-6-8-20(19)21/h6-9,14,16-18,22-24,27-28,36,42H,10-13,15,35H2,1-5H3,(H2,34,43)(H,37,46)(H,38,47)(H,39,49)(H,40,50)(H,41,48)(H,44,45)/t18-,22+,23+,24+,27+,28+/m1/s1. The van der Waals surface area contributed by atoms with Gasteiger partial charge < -0.3 is 53.2 Å². The number of carboxylic acid groups (broad SMARTS) is 1. The number of hydrogen-bond acceptors (Lipinski definition) is 9. The number of carboxylic acids is 1. The number of aliphatic carboxylic acids is 1. The second-order valence-corrected chi connectivity index (χ2v) is 13.0. The van der Waals surface area contributed by atoms with Crippen molar-refractivity contribution in [2.75, 3.05) is 6.54 Å². The molecule has 0 spiro atoms. The van der Waals surface area contributed by atoms with Crippen LogP contribution in [0, 0.1) is 11.8 Å². The number of rotatable bonds is 20. The Labute approximate surface area is 290 Å². The average molecular weight is 703 g/mol. The van der Waals surface area contributed by atoms with Crippen LogP contribution in [0.15, 0.2) is 30.5 Å². The molecule has 1 heterocycles. The van der Waals surface area contributed by atoms with E-state index < -0.39 is 84.3 Å². The van der Waals surface area contributed by atoms with Crippen molar-refractivity contribution in [2.24, 2.45) is 23.3 Å². The van der Waals surface area contributed by atoms with Crippen LogP contribution in [-0.2, 0) is 40.0 Å². The highest BCUT2D eigenvalue weighted by molar-refractivity contribution is 5.97. The van der Waals surface area contributed by atoms with Gasteiger partial charge in [-0.2, -0.15) is 0 Å². The maximum atomic E-state index is 13.7. The normalized spacial score (nSPS) is 14.9. The number of aromatic amines is 1. The van der Waals surface area contributed by atoms with Gasteiger partial charge in [-0.1, -0.05) is 45.9 Å². The van der Waals surface area contributed by atoms with Crippen LogP contribution in [0.3, 0.4) is 0 Å². The molecule has 0 bridgehead atoms. The highest BCUT2D eigenvalue weighted by atomic mass is 16.4. The molecule has 0 aliphatic heterocycles. The summed E-state index contributed by atoms with van der Waals surface area (Å²) >= 11 is 0. The molecule has 1 aromatic carbocycles. The summed E-state index contributed by atoms with van der Waals surface area (Å²) in [5.41, 5.74) is 12.7. The Bertz CT molecular complexity index is 1520. The Morgan fingerprint density at radius 2 is 1.40 bits per heavy atom. The molecule has 0 radical (unpaired) electrons. The molecule has 50 heavy (non-hydrogen) atoms. The number of aliphatic hydroxyl groups excluding tert-OH is 1. The van der Waals surface area contributed by atoms with Crippen LogP contribution in [-0.4, -0.2) is 99.5 Å². The first-order valence-electron chi connectivity index (χ1n) is 16.4. The van der Waals surface area contributed by atoms with Crippen LogP contribution < -0.4 is 38.1 Å². The summed E-state index contributed by atoms with van der Waals surface area (Å²) in [6, 6.07) is 0.971. The lowest BCUT2D eigenvalue weighted by Gasteiger charge is -2.28. The van der Waals surface area contributed by atoms with Crippen molar-refractivity contribution in [1.82, 2.24) is 31.6 Å². The molecule has 0 aliphatic carbocycles. The first-order valence-corrected chi connectivity index (χ1v) is 16.4. The van der Waals surface area contributed by atoms with Gasteiger partial charge in [0.1, 0.15) is 30.7 Å². The molecule has 1 aromatic heterocycles. The van der Waals surface area contributed by atoms with Gasteiger partial charge in [0, 0.05) is 29.9 Å². The Morgan fingerprint density at radius 1 is 0.800 bits per heavy atom. The van der Waals surface area contributed by atoms with Gasteiger partial charge in [0.2, 0.25) is 35.4 Å². The molecule has 2 aromatic rings. The molecule has 2 rings (SSSR count). The van der Waals surface area contributed by atoms with Crippen LogP contribution in [0.1, 0.15) is 59.4 Å².